The number of thioether (sulfide) groups is 1. The third-order valence-corrected chi connectivity index (χ3v) is 4.90. The van der Waals surface area contributed by atoms with Crippen molar-refractivity contribution < 1.29 is 14.3 Å². The summed E-state index contributed by atoms with van der Waals surface area (Å²) in [6.45, 7) is 3.44. The highest BCUT2D eigenvalue weighted by Gasteiger charge is 2.13. The number of hydrogen-bond acceptors (Lipinski definition) is 6. The number of aryl methyl sites for hydroxylation is 1. The lowest BCUT2D eigenvalue weighted by Gasteiger charge is -2.12. The monoisotopic (exact) mass is 411 g/mol. The Bertz CT molecular complexity index is 1020. The van der Waals surface area contributed by atoms with E-state index in [1.54, 1.807) is 24.5 Å². The summed E-state index contributed by atoms with van der Waals surface area (Å²) < 4.78 is 7.11. The highest BCUT2D eigenvalue weighted by Crippen LogP contribution is 2.28. The molecule has 29 heavy (non-hydrogen) atoms. The Kier molecular flexibility index (Phi) is 6.50. The minimum atomic E-state index is -0.230. The van der Waals surface area contributed by atoms with Crippen molar-refractivity contribution in [2.24, 2.45) is 0 Å². The second-order valence-corrected chi connectivity index (χ2v) is 7.19. The van der Waals surface area contributed by atoms with Gasteiger partial charge in [-0.25, -0.2) is 0 Å². The maximum Gasteiger partial charge on any atom is 0.234 e. The minimum Gasteiger partial charge on any atom is -0.495 e. The van der Waals surface area contributed by atoms with E-state index >= 15 is 0 Å². The van der Waals surface area contributed by atoms with E-state index in [9.17, 15) is 9.59 Å². The standard InChI is InChI=1S/C20H21N5O3S/c1-13-4-7-16(8-5-13)25-12-21-24-20(25)29-11-19(27)23-17-10-15(22-14(2)26)6-9-18(17)28-3/h4-10,12H,11H2,1-3H3,(H,22,26)(H,23,27). The van der Waals surface area contributed by atoms with E-state index in [2.05, 4.69) is 20.8 Å². The number of benzene rings is 2. The van der Waals surface area contributed by atoms with Gasteiger partial charge in [0, 0.05) is 18.3 Å². The molecule has 0 saturated carbocycles. The molecular weight excluding hydrogens is 390 g/mol. The first-order chi connectivity index (χ1) is 14.0. The van der Waals surface area contributed by atoms with Gasteiger partial charge >= 0.3 is 0 Å². The van der Waals surface area contributed by atoms with Crippen LogP contribution in [0.2, 0.25) is 0 Å². The second-order valence-electron chi connectivity index (χ2n) is 6.25. The highest BCUT2D eigenvalue weighted by atomic mass is 32.2. The van der Waals surface area contributed by atoms with Crippen LogP contribution in [0.3, 0.4) is 0 Å². The predicted molar refractivity (Wildman–Crippen MR) is 113 cm³/mol. The van der Waals surface area contributed by atoms with Gasteiger partial charge in [-0.3, -0.25) is 14.2 Å². The quantitative estimate of drug-likeness (QED) is 0.579. The molecule has 0 fully saturated rings. The Hall–Kier alpha value is -3.33. The molecule has 8 nitrogen and oxygen atoms in total. The Balaban J connectivity index is 1.67. The van der Waals surface area contributed by atoms with Crippen LogP contribution < -0.4 is 15.4 Å². The van der Waals surface area contributed by atoms with Crippen molar-refractivity contribution in [3.05, 3.63) is 54.4 Å². The van der Waals surface area contributed by atoms with Crippen molar-refractivity contribution in [3.63, 3.8) is 0 Å². The second kappa shape index (κ2) is 9.24. The van der Waals surface area contributed by atoms with Gasteiger partial charge in [0.05, 0.1) is 18.6 Å². The van der Waals surface area contributed by atoms with Crippen LogP contribution in [0.5, 0.6) is 5.75 Å². The van der Waals surface area contributed by atoms with Crippen molar-refractivity contribution >= 4 is 35.0 Å². The molecule has 2 N–H and O–H groups in total. The zero-order valence-electron chi connectivity index (χ0n) is 16.3. The minimum absolute atomic E-state index is 0.137. The number of nitrogens with one attached hydrogen (secondary N) is 2. The largest absolute Gasteiger partial charge is 0.495 e. The molecule has 0 atom stereocenters. The van der Waals surface area contributed by atoms with E-state index in [0.29, 0.717) is 22.3 Å². The molecule has 3 aromatic rings. The maximum absolute atomic E-state index is 12.5. The SMILES string of the molecule is COc1ccc(NC(C)=O)cc1NC(=O)CSc1nncn1-c1ccc(C)cc1. The fourth-order valence-electron chi connectivity index (χ4n) is 2.61. The number of anilines is 2. The molecule has 3 rings (SSSR count). The summed E-state index contributed by atoms with van der Waals surface area (Å²) in [4.78, 5) is 23.7. The molecule has 1 heterocycles. The zero-order valence-corrected chi connectivity index (χ0v) is 17.1. The fourth-order valence-corrected chi connectivity index (χ4v) is 3.34. The van der Waals surface area contributed by atoms with Gasteiger partial charge in [0.2, 0.25) is 11.8 Å². The molecule has 0 aliphatic rings. The van der Waals surface area contributed by atoms with Crippen LogP contribution >= 0.6 is 11.8 Å². The molecule has 1 aromatic heterocycles. The Morgan fingerprint density at radius 1 is 1.14 bits per heavy atom. The van der Waals surface area contributed by atoms with Crippen molar-refractivity contribution in [1.29, 1.82) is 0 Å². The van der Waals surface area contributed by atoms with Gasteiger partial charge in [0.25, 0.3) is 0 Å². The van der Waals surface area contributed by atoms with Crippen LogP contribution in [-0.2, 0) is 9.59 Å². The van der Waals surface area contributed by atoms with Crippen LogP contribution in [0, 0.1) is 6.92 Å². The average molecular weight is 411 g/mol. The number of rotatable bonds is 7. The maximum atomic E-state index is 12.5. The first-order valence-electron chi connectivity index (χ1n) is 8.81. The number of methoxy groups -OCH3 is 1. The molecule has 0 aliphatic carbocycles. The summed E-state index contributed by atoms with van der Waals surface area (Å²) in [5, 5.41) is 14.2. The summed E-state index contributed by atoms with van der Waals surface area (Å²) in [6, 6.07) is 13.0. The summed E-state index contributed by atoms with van der Waals surface area (Å²) in [7, 11) is 1.52. The highest BCUT2D eigenvalue weighted by molar-refractivity contribution is 7.99. The van der Waals surface area contributed by atoms with Crippen molar-refractivity contribution in [2.75, 3.05) is 23.5 Å². The summed E-state index contributed by atoms with van der Waals surface area (Å²) in [6.07, 6.45) is 1.62. The molecule has 0 bridgehead atoms. The van der Waals surface area contributed by atoms with Crippen molar-refractivity contribution in [1.82, 2.24) is 14.8 Å². The van der Waals surface area contributed by atoms with Crippen LogP contribution in [-0.4, -0.2) is 39.4 Å². The molecule has 2 amide bonds. The van der Waals surface area contributed by atoms with E-state index in [0.717, 1.165) is 11.3 Å². The molecule has 150 valence electrons. The molecule has 9 heteroatoms. The van der Waals surface area contributed by atoms with Crippen molar-refractivity contribution in [3.8, 4) is 11.4 Å². The topological polar surface area (TPSA) is 98.1 Å². The molecule has 0 spiro atoms. The van der Waals surface area contributed by atoms with Crippen molar-refractivity contribution in [2.45, 2.75) is 19.0 Å². The molecule has 2 aromatic carbocycles. The third kappa shape index (κ3) is 5.35. The molecular formula is C20H21N5O3S. The number of hydrogen-bond donors (Lipinski definition) is 2. The first kappa shape index (κ1) is 20.4. The van der Waals surface area contributed by atoms with Crippen LogP contribution in [0.25, 0.3) is 5.69 Å². The molecule has 0 saturated heterocycles. The van der Waals surface area contributed by atoms with Gasteiger partial charge in [0.15, 0.2) is 5.16 Å². The smallest absolute Gasteiger partial charge is 0.234 e. The summed E-state index contributed by atoms with van der Waals surface area (Å²) >= 11 is 1.28. The molecule has 0 radical (unpaired) electrons. The van der Waals surface area contributed by atoms with Gasteiger partial charge in [-0.1, -0.05) is 29.5 Å². The summed E-state index contributed by atoms with van der Waals surface area (Å²) in [5.74, 6) is 0.211. The number of nitrogens with zero attached hydrogens (tertiary/aromatic N) is 3. The lowest BCUT2D eigenvalue weighted by molar-refractivity contribution is -0.114. The van der Waals surface area contributed by atoms with Crippen LogP contribution in [0.15, 0.2) is 53.9 Å². The van der Waals surface area contributed by atoms with E-state index in [-0.39, 0.29) is 17.6 Å². The number of amides is 2. The normalized spacial score (nSPS) is 10.4. The van der Waals surface area contributed by atoms with Gasteiger partial charge < -0.3 is 15.4 Å². The van der Waals surface area contributed by atoms with Gasteiger partial charge in [-0.15, -0.1) is 10.2 Å². The lowest BCUT2D eigenvalue weighted by atomic mass is 10.2. The molecule has 0 aliphatic heterocycles. The molecule has 0 unspecified atom stereocenters. The van der Waals surface area contributed by atoms with E-state index < -0.39 is 0 Å². The number of aromatic nitrogens is 3. The predicted octanol–water partition coefficient (Wildman–Crippen LogP) is 3.27. The Morgan fingerprint density at radius 2 is 1.90 bits per heavy atom. The van der Waals surface area contributed by atoms with Crippen LogP contribution in [0.1, 0.15) is 12.5 Å². The number of carbonyl (C=O) groups excluding carboxylic acids is 2. The van der Waals surface area contributed by atoms with E-state index in [4.69, 9.17) is 4.74 Å². The van der Waals surface area contributed by atoms with Gasteiger partial charge in [-0.05, 0) is 37.3 Å². The van der Waals surface area contributed by atoms with Gasteiger partial charge in [0.1, 0.15) is 12.1 Å². The number of ether oxygens (including phenoxy) is 1. The third-order valence-electron chi connectivity index (χ3n) is 3.95. The first-order valence-corrected chi connectivity index (χ1v) is 9.80. The Labute approximate surface area is 172 Å². The van der Waals surface area contributed by atoms with Crippen LogP contribution in [0.4, 0.5) is 11.4 Å². The zero-order chi connectivity index (χ0) is 20.8. The van der Waals surface area contributed by atoms with Gasteiger partial charge in [-0.2, -0.15) is 0 Å². The average Bonchev–Trinajstić information content (AvgIpc) is 3.15. The van der Waals surface area contributed by atoms with E-state index in [1.165, 1.54) is 25.8 Å². The fraction of sp³-hybridized carbons (Fsp3) is 0.200. The van der Waals surface area contributed by atoms with E-state index in [1.807, 2.05) is 35.8 Å². The Morgan fingerprint density at radius 3 is 2.59 bits per heavy atom. The summed E-state index contributed by atoms with van der Waals surface area (Å²) in [5.41, 5.74) is 3.13. The lowest BCUT2D eigenvalue weighted by Crippen LogP contribution is -2.15. The number of carbonyl (C=O) groups is 2.